The van der Waals surface area contributed by atoms with Crippen molar-refractivity contribution in [2.45, 2.75) is 19.1 Å². The molecule has 18 heavy (non-hydrogen) atoms. The Morgan fingerprint density at radius 3 is 3.17 bits per heavy atom. The van der Waals surface area contributed by atoms with Crippen LogP contribution in [0.4, 0.5) is 0 Å². The molecule has 100 valence electrons. The number of amides is 1. The van der Waals surface area contributed by atoms with Gasteiger partial charge in [-0.25, -0.2) is 0 Å². The molecule has 0 aliphatic rings. The number of carbonyl (C=O) groups is 1. The highest BCUT2D eigenvalue weighted by molar-refractivity contribution is 8.01. The number of hydrogen-bond donors (Lipinski definition) is 2. The summed E-state index contributed by atoms with van der Waals surface area (Å²) in [6, 6.07) is 3.74. The molecule has 1 unspecified atom stereocenters. The summed E-state index contributed by atoms with van der Waals surface area (Å²) in [6.07, 6.45) is 3.85. The predicted molar refractivity (Wildman–Crippen MR) is 73.0 cm³/mol. The van der Waals surface area contributed by atoms with Gasteiger partial charge in [0.05, 0.1) is 12.0 Å². The zero-order valence-corrected chi connectivity index (χ0v) is 11.3. The van der Waals surface area contributed by atoms with Crippen LogP contribution in [0.15, 0.2) is 34.3 Å². The molecular formula is C13H19NO3S. The van der Waals surface area contributed by atoms with Crippen molar-refractivity contribution in [1.82, 2.24) is 5.32 Å². The second-order valence-corrected chi connectivity index (χ2v) is 4.95. The molecule has 0 aromatic carbocycles. The molecule has 4 nitrogen and oxygen atoms in total. The van der Waals surface area contributed by atoms with Gasteiger partial charge >= 0.3 is 0 Å². The number of aliphatic hydroxyl groups is 1. The first-order chi connectivity index (χ1) is 8.72. The number of rotatable bonds is 8. The molecule has 0 saturated heterocycles. The fourth-order valence-electron chi connectivity index (χ4n) is 1.29. The van der Waals surface area contributed by atoms with Crippen LogP contribution in [-0.2, 0) is 10.5 Å². The van der Waals surface area contributed by atoms with Gasteiger partial charge in [-0.05, 0) is 29.9 Å². The number of hydrogen-bond acceptors (Lipinski definition) is 4. The van der Waals surface area contributed by atoms with Crippen LogP contribution in [0.1, 0.15) is 19.1 Å². The lowest BCUT2D eigenvalue weighted by Crippen LogP contribution is -2.26. The van der Waals surface area contributed by atoms with Gasteiger partial charge in [0.15, 0.2) is 0 Å². The zero-order valence-electron chi connectivity index (χ0n) is 10.5. The Hall–Kier alpha value is -1.20. The van der Waals surface area contributed by atoms with E-state index in [0.29, 0.717) is 18.9 Å². The molecule has 1 heterocycles. The van der Waals surface area contributed by atoms with E-state index in [2.05, 4.69) is 5.32 Å². The van der Waals surface area contributed by atoms with Gasteiger partial charge in [0.1, 0.15) is 5.76 Å². The summed E-state index contributed by atoms with van der Waals surface area (Å²) in [6.45, 7) is 2.74. The van der Waals surface area contributed by atoms with Crippen LogP contribution < -0.4 is 5.32 Å². The smallest absolute Gasteiger partial charge is 0.244 e. The molecule has 1 amide bonds. The van der Waals surface area contributed by atoms with Crippen molar-refractivity contribution >= 4 is 17.7 Å². The average Bonchev–Trinajstić information content (AvgIpc) is 2.85. The Balaban J connectivity index is 2.11. The number of carbonyl (C=O) groups excluding carboxylic acids is 1. The van der Waals surface area contributed by atoms with Gasteiger partial charge in [0.25, 0.3) is 0 Å². The lowest BCUT2D eigenvalue weighted by atomic mass is 10.1. The molecule has 0 bridgehead atoms. The van der Waals surface area contributed by atoms with Gasteiger partial charge in [-0.1, -0.05) is 6.92 Å². The molecule has 1 rings (SSSR count). The van der Waals surface area contributed by atoms with E-state index >= 15 is 0 Å². The second-order valence-electron chi connectivity index (χ2n) is 4.06. The summed E-state index contributed by atoms with van der Waals surface area (Å²) in [5, 5.41) is 13.3. The van der Waals surface area contributed by atoms with E-state index in [1.54, 1.807) is 11.7 Å². The number of aliphatic hydroxyl groups excluding tert-OH is 1. The molecule has 0 aliphatic heterocycles. The van der Waals surface area contributed by atoms with Gasteiger partial charge in [-0.15, -0.1) is 11.8 Å². The molecule has 0 radical (unpaired) electrons. The van der Waals surface area contributed by atoms with Crippen molar-refractivity contribution in [3.63, 3.8) is 0 Å². The van der Waals surface area contributed by atoms with Gasteiger partial charge in [0, 0.05) is 19.2 Å². The van der Waals surface area contributed by atoms with Crippen LogP contribution in [0.25, 0.3) is 0 Å². The Kier molecular flexibility index (Phi) is 7.29. The highest BCUT2D eigenvalue weighted by atomic mass is 32.2. The Labute approximate surface area is 111 Å². The van der Waals surface area contributed by atoms with E-state index in [4.69, 9.17) is 9.52 Å². The molecule has 0 spiro atoms. The largest absolute Gasteiger partial charge is 0.468 e. The van der Waals surface area contributed by atoms with Crippen molar-refractivity contribution < 1.29 is 14.3 Å². The monoisotopic (exact) mass is 269 g/mol. The first-order valence-corrected chi connectivity index (χ1v) is 6.96. The molecular weight excluding hydrogens is 250 g/mol. The number of furan rings is 1. The maximum absolute atomic E-state index is 11.4. The zero-order chi connectivity index (χ0) is 13.2. The third kappa shape index (κ3) is 6.51. The molecule has 0 saturated carbocycles. The topological polar surface area (TPSA) is 62.5 Å². The fraction of sp³-hybridized carbons (Fsp3) is 0.462. The van der Waals surface area contributed by atoms with Gasteiger partial charge in [0.2, 0.25) is 5.91 Å². The van der Waals surface area contributed by atoms with E-state index < -0.39 is 0 Å². The summed E-state index contributed by atoms with van der Waals surface area (Å²) in [7, 11) is 0. The maximum atomic E-state index is 11.4. The van der Waals surface area contributed by atoms with Crippen LogP contribution in [0.5, 0.6) is 0 Å². The molecule has 1 atom stereocenters. The molecule has 2 N–H and O–H groups in total. The normalized spacial score (nSPS) is 12.8. The molecule has 0 aliphatic carbocycles. The molecule has 0 fully saturated rings. The van der Waals surface area contributed by atoms with Crippen LogP contribution >= 0.6 is 11.8 Å². The third-order valence-electron chi connectivity index (χ3n) is 2.37. The van der Waals surface area contributed by atoms with Crippen molar-refractivity contribution in [1.29, 1.82) is 0 Å². The van der Waals surface area contributed by atoms with Crippen molar-refractivity contribution in [3.8, 4) is 0 Å². The first-order valence-electron chi connectivity index (χ1n) is 5.91. The minimum atomic E-state index is -0.105. The molecule has 5 heteroatoms. The lowest BCUT2D eigenvalue weighted by Gasteiger charge is -2.09. The van der Waals surface area contributed by atoms with Crippen LogP contribution in [-0.4, -0.2) is 24.2 Å². The average molecular weight is 269 g/mol. The minimum absolute atomic E-state index is 0.105. The summed E-state index contributed by atoms with van der Waals surface area (Å²) < 4.78 is 5.17. The van der Waals surface area contributed by atoms with Crippen molar-refractivity contribution in [2.24, 2.45) is 5.92 Å². The van der Waals surface area contributed by atoms with E-state index in [1.807, 2.05) is 19.1 Å². The fourth-order valence-corrected chi connectivity index (χ4v) is 1.94. The van der Waals surface area contributed by atoms with E-state index in [9.17, 15) is 4.79 Å². The van der Waals surface area contributed by atoms with E-state index in [0.717, 1.165) is 11.5 Å². The quantitative estimate of drug-likeness (QED) is 0.710. The number of thioether (sulfide) groups is 1. The van der Waals surface area contributed by atoms with Gasteiger partial charge in [-0.2, -0.15) is 0 Å². The Morgan fingerprint density at radius 2 is 2.50 bits per heavy atom. The SMILES string of the molecule is CC(CCO)CNC(=O)/C=C/SCc1ccco1. The van der Waals surface area contributed by atoms with Crippen LogP contribution in [0.2, 0.25) is 0 Å². The van der Waals surface area contributed by atoms with Crippen molar-refractivity contribution in [2.75, 3.05) is 13.2 Å². The lowest BCUT2D eigenvalue weighted by molar-refractivity contribution is -0.116. The van der Waals surface area contributed by atoms with E-state index in [1.165, 1.54) is 17.8 Å². The second kappa shape index (κ2) is 8.83. The number of nitrogens with one attached hydrogen (secondary N) is 1. The summed E-state index contributed by atoms with van der Waals surface area (Å²) in [5.74, 6) is 1.80. The Bertz CT molecular complexity index is 362. The van der Waals surface area contributed by atoms with Gasteiger partial charge < -0.3 is 14.8 Å². The summed E-state index contributed by atoms with van der Waals surface area (Å²) >= 11 is 1.51. The van der Waals surface area contributed by atoms with Crippen molar-refractivity contribution in [3.05, 3.63) is 35.6 Å². The standard InChI is InChI=1S/C13H19NO3S/c1-11(4-6-15)9-14-13(16)5-8-18-10-12-3-2-7-17-12/h2-3,5,7-8,11,15H,4,6,9-10H2,1H3,(H,14,16)/b8-5+. The first kappa shape index (κ1) is 14.9. The van der Waals surface area contributed by atoms with Crippen LogP contribution in [0.3, 0.4) is 0 Å². The highest BCUT2D eigenvalue weighted by Gasteiger charge is 2.02. The molecule has 1 aromatic heterocycles. The third-order valence-corrected chi connectivity index (χ3v) is 3.15. The maximum Gasteiger partial charge on any atom is 0.244 e. The highest BCUT2D eigenvalue weighted by Crippen LogP contribution is 2.13. The van der Waals surface area contributed by atoms with Crippen LogP contribution in [0, 0.1) is 5.92 Å². The minimum Gasteiger partial charge on any atom is -0.468 e. The molecule has 1 aromatic rings. The van der Waals surface area contributed by atoms with Gasteiger partial charge in [-0.3, -0.25) is 4.79 Å². The summed E-state index contributed by atoms with van der Waals surface area (Å²) in [5.41, 5.74) is 0. The summed E-state index contributed by atoms with van der Waals surface area (Å²) in [4.78, 5) is 11.4. The predicted octanol–water partition coefficient (Wildman–Crippen LogP) is 2.16. The van der Waals surface area contributed by atoms with E-state index in [-0.39, 0.29) is 12.5 Å². The Morgan fingerprint density at radius 1 is 1.67 bits per heavy atom.